The Morgan fingerprint density at radius 2 is 1.89 bits per heavy atom. The number of nitrogens with one attached hydrogen (secondary N) is 1. The van der Waals surface area contributed by atoms with Crippen LogP contribution in [0.2, 0.25) is 0 Å². The minimum Gasteiger partial charge on any atom is -0.497 e. The first-order valence-electron chi connectivity index (χ1n) is 6.57. The molecule has 19 heavy (non-hydrogen) atoms. The van der Waals surface area contributed by atoms with E-state index in [0.717, 1.165) is 11.4 Å². The summed E-state index contributed by atoms with van der Waals surface area (Å²) in [5.41, 5.74) is 0.882. The third-order valence-corrected chi connectivity index (χ3v) is 3.34. The monoisotopic (exact) mass is 264 g/mol. The van der Waals surface area contributed by atoms with Crippen LogP contribution in [0.1, 0.15) is 13.8 Å². The van der Waals surface area contributed by atoms with Crippen molar-refractivity contribution in [1.29, 1.82) is 0 Å². The van der Waals surface area contributed by atoms with E-state index in [0.29, 0.717) is 12.5 Å². The van der Waals surface area contributed by atoms with Crippen LogP contribution in [-0.4, -0.2) is 33.7 Å². The molecule has 0 spiro atoms. The molecule has 1 aromatic rings. The van der Waals surface area contributed by atoms with Crippen LogP contribution in [0.4, 0.5) is 5.69 Å². The Morgan fingerprint density at radius 1 is 1.32 bits per heavy atom. The maximum absolute atomic E-state index is 12.5. The van der Waals surface area contributed by atoms with Gasteiger partial charge in [0, 0.05) is 19.3 Å². The molecule has 0 aromatic heterocycles. The van der Waals surface area contributed by atoms with Gasteiger partial charge in [0.05, 0.1) is 13.0 Å². The number of carbonyl (C=O) groups is 1. The van der Waals surface area contributed by atoms with Crippen molar-refractivity contribution in [2.24, 2.45) is 11.8 Å². The summed E-state index contributed by atoms with van der Waals surface area (Å²) >= 11 is 0. The molecule has 1 N–H and O–H groups in total. The van der Waals surface area contributed by atoms with E-state index in [1.807, 2.05) is 38.4 Å². The van der Waals surface area contributed by atoms with Crippen LogP contribution in [0.5, 0.6) is 5.75 Å². The van der Waals surface area contributed by atoms with Crippen LogP contribution in [0.25, 0.3) is 0 Å². The summed E-state index contributed by atoms with van der Waals surface area (Å²) in [5.74, 6) is 1.22. The van der Waals surface area contributed by atoms with Gasteiger partial charge in [0.15, 0.2) is 0 Å². The molecule has 0 aliphatic carbocycles. The molecule has 4 nitrogen and oxygen atoms in total. The Kier molecular flexibility index (Phi) is 5.83. The van der Waals surface area contributed by atoms with Crippen molar-refractivity contribution in [3.63, 3.8) is 0 Å². The summed E-state index contributed by atoms with van der Waals surface area (Å²) in [5, 5.41) is 3.09. The Hall–Kier alpha value is -1.55. The highest BCUT2D eigenvalue weighted by Gasteiger charge is 2.25. The molecule has 4 heteroatoms. The van der Waals surface area contributed by atoms with Gasteiger partial charge in [0.2, 0.25) is 5.91 Å². The lowest BCUT2D eigenvalue weighted by molar-refractivity contribution is -0.123. The molecule has 0 saturated carbocycles. The lowest BCUT2D eigenvalue weighted by Gasteiger charge is -2.26. The van der Waals surface area contributed by atoms with Gasteiger partial charge in [-0.15, -0.1) is 0 Å². The molecule has 0 fully saturated rings. The third-order valence-electron chi connectivity index (χ3n) is 3.34. The highest BCUT2D eigenvalue weighted by atomic mass is 16.5. The van der Waals surface area contributed by atoms with Gasteiger partial charge in [-0.05, 0) is 37.2 Å². The highest BCUT2D eigenvalue weighted by molar-refractivity contribution is 5.94. The fourth-order valence-electron chi connectivity index (χ4n) is 2.01. The van der Waals surface area contributed by atoms with Crippen molar-refractivity contribution in [2.45, 2.75) is 13.8 Å². The average Bonchev–Trinajstić information content (AvgIpc) is 2.43. The quantitative estimate of drug-likeness (QED) is 0.856. The first-order chi connectivity index (χ1) is 9.01. The maximum Gasteiger partial charge on any atom is 0.231 e. The fourth-order valence-corrected chi connectivity index (χ4v) is 2.01. The van der Waals surface area contributed by atoms with Crippen LogP contribution in [0, 0.1) is 11.8 Å². The number of hydrogen-bond donors (Lipinski definition) is 1. The molecule has 0 bridgehead atoms. The normalized spacial score (nSPS) is 12.3. The zero-order chi connectivity index (χ0) is 14.4. The molecule has 0 aliphatic rings. The predicted molar refractivity (Wildman–Crippen MR) is 78.7 cm³/mol. The predicted octanol–water partition coefficient (Wildman–Crippen LogP) is 2.15. The van der Waals surface area contributed by atoms with Gasteiger partial charge in [0.1, 0.15) is 5.75 Å². The van der Waals surface area contributed by atoms with Gasteiger partial charge < -0.3 is 15.0 Å². The van der Waals surface area contributed by atoms with Gasteiger partial charge in [-0.3, -0.25) is 4.79 Å². The number of ether oxygens (including phenoxy) is 1. The number of benzene rings is 1. The summed E-state index contributed by atoms with van der Waals surface area (Å²) in [6.07, 6.45) is 0. The number of rotatable bonds is 6. The smallest absolute Gasteiger partial charge is 0.231 e. The van der Waals surface area contributed by atoms with Crippen molar-refractivity contribution >= 4 is 11.6 Å². The lowest BCUT2D eigenvalue weighted by atomic mass is 9.94. The molecule has 1 rings (SSSR count). The fraction of sp³-hybridized carbons (Fsp3) is 0.533. The lowest BCUT2D eigenvalue weighted by Crippen LogP contribution is -2.40. The topological polar surface area (TPSA) is 41.6 Å². The summed E-state index contributed by atoms with van der Waals surface area (Å²) in [6, 6.07) is 7.52. The van der Waals surface area contributed by atoms with Gasteiger partial charge in [-0.1, -0.05) is 13.8 Å². The second-order valence-electron chi connectivity index (χ2n) is 5.00. The summed E-state index contributed by atoms with van der Waals surface area (Å²) < 4.78 is 5.12. The van der Waals surface area contributed by atoms with E-state index in [1.165, 1.54) is 0 Å². The van der Waals surface area contributed by atoms with E-state index >= 15 is 0 Å². The molecular weight excluding hydrogens is 240 g/mol. The van der Waals surface area contributed by atoms with Crippen LogP contribution < -0.4 is 15.0 Å². The van der Waals surface area contributed by atoms with Crippen molar-refractivity contribution < 1.29 is 9.53 Å². The number of nitrogens with zero attached hydrogens (tertiary/aromatic N) is 1. The average molecular weight is 264 g/mol. The SMILES string of the molecule is CNCC(C(=O)N(C)c1ccc(OC)cc1)C(C)C. The third kappa shape index (κ3) is 3.96. The van der Waals surface area contributed by atoms with Crippen LogP contribution in [-0.2, 0) is 4.79 Å². The number of hydrogen-bond acceptors (Lipinski definition) is 3. The first-order valence-corrected chi connectivity index (χ1v) is 6.57. The second kappa shape index (κ2) is 7.14. The summed E-state index contributed by atoms with van der Waals surface area (Å²) in [7, 11) is 5.32. The molecule has 0 heterocycles. The van der Waals surface area contributed by atoms with Crippen LogP contribution in [0.15, 0.2) is 24.3 Å². The Bertz CT molecular complexity index is 401. The number of amides is 1. The Morgan fingerprint density at radius 3 is 2.32 bits per heavy atom. The minimum atomic E-state index is -0.0166. The van der Waals surface area contributed by atoms with Crippen molar-refractivity contribution in [1.82, 2.24) is 5.32 Å². The largest absolute Gasteiger partial charge is 0.497 e. The summed E-state index contributed by atoms with van der Waals surface area (Å²) in [6.45, 7) is 4.83. The maximum atomic E-state index is 12.5. The van der Waals surface area contributed by atoms with E-state index in [-0.39, 0.29) is 11.8 Å². The van der Waals surface area contributed by atoms with Crippen molar-refractivity contribution in [3.05, 3.63) is 24.3 Å². The van der Waals surface area contributed by atoms with E-state index in [1.54, 1.807) is 12.0 Å². The number of methoxy groups -OCH3 is 1. The zero-order valence-corrected chi connectivity index (χ0v) is 12.4. The molecule has 0 saturated heterocycles. The Labute approximate surface area is 115 Å². The molecule has 1 aromatic carbocycles. The first kappa shape index (κ1) is 15.5. The molecule has 106 valence electrons. The molecule has 0 aliphatic heterocycles. The number of carbonyl (C=O) groups excluding carboxylic acids is 1. The highest BCUT2D eigenvalue weighted by Crippen LogP contribution is 2.21. The van der Waals surface area contributed by atoms with Gasteiger partial charge in [0.25, 0.3) is 0 Å². The Balaban J connectivity index is 2.84. The van der Waals surface area contributed by atoms with Gasteiger partial charge in [-0.25, -0.2) is 0 Å². The summed E-state index contributed by atoms with van der Waals surface area (Å²) in [4.78, 5) is 14.2. The van der Waals surface area contributed by atoms with Crippen molar-refractivity contribution in [2.75, 3.05) is 32.6 Å². The number of anilines is 1. The van der Waals surface area contributed by atoms with E-state index in [2.05, 4.69) is 19.2 Å². The minimum absolute atomic E-state index is 0.0166. The molecule has 1 amide bonds. The van der Waals surface area contributed by atoms with Crippen molar-refractivity contribution in [3.8, 4) is 5.75 Å². The molecular formula is C15H24N2O2. The molecule has 1 unspecified atom stereocenters. The standard InChI is InChI=1S/C15H24N2O2/c1-11(2)14(10-16-3)15(18)17(4)12-6-8-13(19-5)9-7-12/h6-9,11,14,16H,10H2,1-5H3. The molecule has 1 atom stereocenters. The molecule has 0 radical (unpaired) electrons. The van der Waals surface area contributed by atoms with E-state index in [9.17, 15) is 4.79 Å². The van der Waals surface area contributed by atoms with Crippen LogP contribution >= 0.6 is 0 Å². The van der Waals surface area contributed by atoms with E-state index < -0.39 is 0 Å². The van der Waals surface area contributed by atoms with Gasteiger partial charge >= 0.3 is 0 Å². The van der Waals surface area contributed by atoms with E-state index in [4.69, 9.17) is 4.74 Å². The van der Waals surface area contributed by atoms with Gasteiger partial charge in [-0.2, -0.15) is 0 Å². The second-order valence-corrected chi connectivity index (χ2v) is 5.00. The zero-order valence-electron chi connectivity index (χ0n) is 12.4. The van der Waals surface area contributed by atoms with Crippen LogP contribution in [0.3, 0.4) is 0 Å².